The molecule has 0 aliphatic carbocycles. The quantitative estimate of drug-likeness (QED) is 0.0859. The maximum atomic E-state index is 13.6. The molecule has 0 unspecified atom stereocenters. The minimum atomic E-state index is -1.56. The summed E-state index contributed by atoms with van der Waals surface area (Å²) < 4.78 is 17.6. The smallest absolute Gasteiger partial charge is 0.377 e. The number of carboxylic acids is 2. The molecular weight excluding hydrogens is 630 g/mol. The fourth-order valence-electron chi connectivity index (χ4n) is 4.58. The number of nitrogens with one attached hydrogen (secondary N) is 1. The average molecular weight is 660 g/mol. The fraction of sp³-hybridized carbons (Fsp3) is 0.0789. The lowest BCUT2D eigenvalue weighted by Gasteiger charge is -2.15. The summed E-state index contributed by atoms with van der Waals surface area (Å²) in [4.78, 5) is 58.9. The van der Waals surface area contributed by atoms with Crippen LogP contribution in [0.4, 0.5) is 5.69 Å². The third kappa shape index (κ3) is 8.95. The summed E-state index contributed by atoms with van der Waals surface area (Å²) in [7, 11) is 0. The lowest BCUT2D eigenvalue weighted by atomic mass is 10.0. The van der Waals surface area contributed by atoms with E-state index >= 15 is 0 Å². The van der Waals surface area contributed by atoms with E-state index in [-0.39, 0.29) is 24.3 Å². The van der Waals surface area contributed by atoms with Crippen LogP contribution in [0.25, 0.3) is 0 Å². The highest BCUT2D eigenvalue weighted by molar-refractivity contribution is 6.40. The molecule has 0 heterocycles. The van der Waals surface area contributed by atoms with Gasteiger partial charge in [0.2, 0.25) is 0 Å². The largest absolute Gasteiger partial charge is 0.489 e. The van der Waals surface area contributed by atoms with Gasteiger partial charge in [0.05, 0.1) is 0 Å². The molecule has 0 saturated carbocycles. The molecule has 11 nitrogen and oxygen atoms in total. The third-order valence-electron chi connectivity index (χ3n) is 7.21. The zero-order valence-corrected chi connectivity index (χ0v) is 26.0. The Labute approximate surface area is 280 Å². The predicted octanol–water partition coefficient (Wildman–Crippen LogP) is 6.73. The summed E-state index contributed by atoms with van der Waals surface area (Å²) in [5.41, 5.74) is 3.11. The van der Waals surface area contributed by atoms with Crippen molar-refractivity contribution < 1.29 is 48.4 Å². The zero-order chi connectivity index (χ0) is 34.9. The van der Waals surface area contributed by atoms with Crippen LogP contribution < -0.4 is 19.5 Å². The number of carboxylic acid groups (broad SMARTS) is 2. The number of ketones is 2. The lowest BCUT2D eigenvalue weighted by Crippen LogP contribution is -2.16. The molecule has 49 heavy (non-hydrogen) atoms. The van der Waals surface area contributed by atoms with Gasteiger partial charge in [-0.1, -0.05) is 29.8 Å². The van der Waals surface area contributed by atoms with Crippen LogP contribution in [0.2, 0.25) is 0 Å². The Morgan fingerprint density at radius 3 is 1.55 bits per heavy atom. The van der Waals surface area contributed by atoms with Gasteiger partial charge in [-0.15, -0.1) is 0 Å². The van der Waals surface area contributed by atoms with Crippen molar-refractivity contribution in [2.24, 2.45) is 0 Å². The molecule has 5 aromatic carbocycles. The Morgan fingerprint density at radius 1 is 0.571 bits per heavy atom. The maximum Gasteiger partial charge on any atom is 0.377 e. The molecule has 11 heteroatoms. The molecule has 5 aromatic rings. The summed E-state index contributed by atoms with van der Waals surface area (Å²) >= 11 is 0. The molecular formula is C38H29NO10. The SMILES string of the molecule is Cc1ccc(Oc2ccc(NC(=O)c3cc(COc4ccc(C(=O)C(=O)O)cc4)ccc3COc3ccc(C(=O)C(=O)O)cc3)cc2)cc1. The topological polar surface area (TPSA) is 166 Å². The number of aryl methyl sites for hydroxylation is 1. The molecule has 0 aliphatic rings. The van der Waals surface area contributed by atoms with E-state index in [0.717, 1.165) is 5.56 Å². The minimum absolute atomic E-state index is 0.00248. The van der Waals surface area contributed by atoms with Crippen LogP contribution in [0.5, 0.6) is 23.0 Å². The van der Waals surface area contributed by atoms with Crippen molar-refractivity contribution in [2.45, 2.75) is 20.1 Å². The Balaban J connectivity index is 1.32. The Morgan fingerprint density at radius 2 is 1.04 bits per heavy atom. The molecule has 0 aliphatic heterocycles. The normalized spacial score (nSPS) is 10.5. The summed E-state index contributed by atoms with van der Waals surface area (Å²) in [6, 6.07) is 30.9. The van der Waals surface area contributed by atoms with Gasteiger partial charge in [-0.3, -0.25) is 14.4 Å². The van der Waals surface area contributed by atoms with Crippen LogP contribution in [-0.2, 0) is 22.8 Å². The molecule has 3 N–H and O–H groups in total. The highest BCUT2D eigenvalue weighted by Crippen LogP contribution is 2.25. The van der Waals surface area contributed by atoms with Gasteiger partial charge >= 0.3 is 11.9 Å². The van der Waals surface area contributed by atoms with Gasteiger partial charge in [0.15, 0.2) is 0 Å². The van der Waals surface area contributed by atoms with Crippen LogP contribution in [0.1, 0.15) is 47.8 Å². The Bertz CT molecular complexity index is 2000. The van der Waals surface area contributed by atoms with Crippen LogP contribution in [-0.4, -0.2) is 39.6 Å². The van der Waals surface area contributed by atoms with E-state index in [9.17, 15) is 24.0 Å². The number of aliphatic carboxylic acids is 2. The second kappa shape index (κ2) is 15.2. The van der Waals surface area contributed by atoms with E-state index in [1.54, 1.807) is 42.5 Å². The van der Waals surface area contributed by atoms with Crippen molar-refractivity contribution in [1.82, 2.24) is 0 Å². The number of ether oxygens (including phenoxy) is 3. The molecule has 0 bridgehead atoms. The van der Waals surface area contributed by atoms with Crippen LogP contribution >= 0.6 is 0 Å². The summed E-state index contributed by atoms with van der Waals surface area (Å²) in [5.74, 6) is -3.60. The van der Waals surface area contributed by atoms with Crippen LogP contribution in [0.15, 0.2) is 115 Å². The summed E-state index contributed by atoms with van der Waals surface area (Å²) in [5, 5.41) is 20.7. The number of hydrogen-bond donors (Lipinski definition) is 3. The Kier molecular flexibility index (Phi) is 10.4. The third-order valence-corrected chi connectivity index (χ3v) is 7.21. The lowest BCUT2D eigenvalue weighted by molar-refractivity contribution is -0.132. The summed E-state index contributed by atoms with van der Waals surface area (Å²) in [6.45, 7) is 2.01. The van der Waals surface area contributed by atoms with Crippen molar-refractivity contribution in [1.29, 1.82) is 0 Å². The van der Waals surface area contributed by atoms with Crippen molar-refractivity contribution in [3.8, 4) is 23.0 Å². The van der Waals surface area contributed by atoms with Gasteiger partial charge in [0, 0.05) is 27.9 Å². The van der Waals surface area contributed by atoms with Gasteiger partial charge < -0.3 is 29.7 Å². The number of hydrogen-bond acceptors (Lipinski definition) is 8. The van der Waals surface area contributed by atoms with Gasteiger partial charge in [-0.25, -0.2) is 9.59 Å². The van der Waals surface area contributed by atoms with Gasteiger partial charge in [0.25, 0.3) is 17.5 Å². The standard InChI is InChI=1S/C38H29NO10/c1-23-2-12-31(13-3-23)49-32-18-10-28(11-19-32)39-36(42)33-20-24(21-47-29-14-6-25(7-15-29)34(40)37(43)44)4-5-27(33)22-48-30-16-8-26(9-17-30)35(41)38(45)46/h2-20H,21-22H2,1H3,(H,39,42)(H,43,44)(H,45,46). The highest BCUT2D eigenvalue weighted by Gasteiger charge is 2.17. The van der Waals surface area contributed by atoms with E-state index < -0.39 is 29.4 Å². The van der Waals surface area contributed by atoms with Crippen molar-refractivity contribution in [2.75, 3.05) is 5.32 Å². The Hall–Kier alpha value is -6.75. The highest BCUT2D eigenvalue weighted by atomic mass is 16.5. The van der Waals surface area contributed by atoms with Crippen molar-refractivity contribution in [3.63, 3.8) is 0 Å². The second-order valence-electron chi connectivity index (χ2n) is 10.8. The number of benzene rings is 5. The van der Waals surface area contributed by atoms with Gasteiger partial charge in [-0.05, 0) is 103 Å². The van der Waals surface area contributed by atoms with Crippen molar-refractivity contribution >= 4 is 35.1 Å². The van der Waals surface area contributed by atoms with E-state index in [2.05, 4.69) is 5.32 Å². The van der Waals surface area contributed by atoms with Gasteiger partial charge in [-0.2, -0.15) is 0 Å². The summed E-state index contributed by atoms with van der Waals surface area (Å²) in [6.07, 6.45) is 0. The first-order valence-corrected chi connectivity index (χ1v) is 14.8. The number of Topliss-reactive ketones (excluding diaryl/α,β-unsaturated/α-hetero) is 2. The second-order valence-corrected chi connectivity index (χ2v) is 10.8. The zero-order valence-electron chi connectivity index (χ0n) is 26.0. The number of carbonyl (C=O) groups is 5. The first kappa shape index (κ1) is 33.6. The number of amides is 1. The monoisotopic (exact) mass is 659 g/mol. The number of carbonyl (C=O) groups excluding carboxylic acids is 3. The predicted molar refractivity (Wildman–Crippen MR) is 178 cm³/mol. The van der Waals surface area contributed by atoms with E-state index in [4.69, 9.17) is 24.4 Å². The van der Waals surface area contributed by atoms with Gasteiger partial charge in [0.1, 0.15) is 36.2 Å². The van der Waals surface area contributed by atoms with Crippen LogP contribution in [0, 0.1) is 6.92 Å². The fourth-order valence-corrected chi connectivity index (χ4v) is 4.58. The van der Waals surface area contributed by atoms with E-state index in [0.29, 0.717) is 45.4 Å². The van der Waals surface area contributed by atoms with E-state index in [1.165, 1.54) is 48.5 Å². The number of rotatable bonds is 14. The molecule has 0 atom stereocenters. The van der Waals surface area contributed by atoms with E-state index in [1.807, 2.05) is 31.2 Å². The molecule has 1 amide bonds. The maximum absolute atomic E-state index is 13.6. The van der Waals surface area contributed by atoms with Crippen LogP contribution in [0.3, 0.4) is 0 Å². The number of anilines is 1. The molecule has 246 valence electrons. The molecule has 0 radical (unpaired) electrons. The molecule has 0 aromatic heterocycles. The molecule has 5 rings (SSSR count). The molecule has 0 saturated heterocycles. The molecule has 0 fully saturated rings. The molecule has 0 spiro atoms. The minimum Gasteiger partial charge on any atom is -0.489 e. The van der Waals surface area contributed by atoms with Crippen molar-refractivity contribution in [3.05, 3.63) is 149 Å². The first-order chi connectivity index (χ1) is 23.5. The first-order valence-electron chi connectivity index (χ1n) is 14.8. The average Bonchev–Trinajstić information content (AvgIpc) is 3.11.